The van der Waals surface area contributed by atoms with Crippen molar-refractivity contribution in [2.24, 2.45) is 0 Å². The van der Waals surface area contributed by atoms with Gasteiger partial charge in [-0.25, -0.2) is 0 Å². The molecule has 0 aliphatic carbocycles. The van der Waals surface area contributed by atoms with E-state index in [0.29, 0.717) is 25.9 Å². The lowest BCUT2D eigenvalue weighted by Gasteiger charge is -2.36. The average molecular weight is 369 g/mol. The summed E-state index contributed by atoms with van der Waals surface area (Å²) >= 11 is 5.87. The number of nitrogens with zero attached hydrogens (tertiary/aromatic N) is 2. The maximum absolute atomic E-state index is 10.2. The van der Waals surface area contributed by atoms with Crippen LogP contribution < -0.4 is 0 Å². The van der Waals surface area contributed by atoms with Gasteiger partial charge in [0.25, 0.3) is 0 Å². The van der Waals surface area contributed by atoms with E-state index in [0.717, 1.165) is 49.9 Å². The van der Waals surface area contributed by atoms with Crippen molar-refractivity contribution >= 4 is 11.6 Å². The molecule has 25 heavy (non-hydrogen) atoms. The molecule has 2 atom stereocenters. The zero-order valence-electron chi connectivity index (χ0n) is 14.8. The van der Waals surface area contributed by atoms with Crippen LogP contribution in [-0.4, -0.2) is 79.6 Å². The Hall–Kier alpha value is -0.690. The second-order valence-corrected chi connectivity index (χ2v) is 7.47. The van der Waals surface area contributed by atoms with Crippen LogP contribution in [-0.2, 0) is 16.1 Å². The fourth-order valence-electron chi connectivity index (χ4n) is 3.47. The molecule has 2 heterocycles. The van der Waals surface area contributed by atoms with Crippen LogP contribution in [0.15, 0.2) is 24.3 Å². The summed E-state index contributed by atoms with van der Waals surface area (Å²) in [7, 11) is 0. The molecule has 6 heteroatoms. The third-order valence-electron chi connectivity index (χ3n) is 4.91. The largest absolute Gasteiger partial charge is 0.389 e. The number of ether oxygens (including phenoxy) is 2. The summed E-state index contributed by atoms with van der Waals surface area (Å²) in [5.41, 5.74) is 1.07. The molecule has 5 nitrogen and oxygen atoms in total. The number of halogens is 1. The van der Waals surface area contributed by atoms with Crippen molar-refractivity contribution in [3.63, 3.8) is 0 Å². The van der Waals surface area contributed by atoms with E-state index in [1.54, 1.807) is 0 Å². The molecule has 0 radical (unpaired) electrons. The number of aliphatic hydroxyl groups is 1. The molecule has 0 saturated carbocycles. The highest BCUT2D eigenvalue weighted by atomic mass is 35.5. The molecule has 0 aromatic heterocycles. The quantitative estimate of drug-likeness (QED) is 0.760. The van der Waals surface area contributed by atoms with Crippen LogP contribution in [0.2, 0.25) is 5.02 Å². The van der Waals surface area contributed by atoms with E-state index >= 15 is 0 Å². The minimum Gasteiger partial charge on any atom is -0.389 e. The Kier molecular flexibility index (Phi) is 7.52. The summed E-state index contributed by atoms with van der Waals surface area (Å²) in [5, 5.41) is 10.9. The third kappa shape index (κ3) is 6.51. The van der Waals surface area contributed by atoms with Crippen LogP contribution in [0, 0.1) is 0 Å². The summed E-state index contributed by atoms with van der Waals surface area (Å²) in [6.07, 6.45) is 2.38. The lowest BCUT2D eigenvalue weighted by molar-refractivity contribution is -0.00344. The Morgan fingerprint density at radius 3 is 2.56 bits per heavy atom. The third-order valence-corrected chi connectivity index (χ3v) is 5.16. The summed E-state index contributed by atoms with van der Waals surface area (Å²) in [4.78, 5) is 4.80. The van der Waals surface area contributed by atoms with Gasteiger partial charge < -0.3 is 14.6 Å². The van der Waals surface area contributed by atoms with E-state index in [1.807, 2.05) is 24.3 Å². The number of piperazine rings is 1. The van der Waals surface area contributed by atoms with Crippen molar-refractivity contribution in [1.82, 2.24) is 9.80 Å². The van der Waals surface area contributed by atoms with E-state index in [1.165, 1.54) is 12.8 Å². The van der Waals surface area contributed by atoms with Crippen molar-refractivity contribution in [3.05, 3.63) is 34.9 Å². The number of aliphatic hydroxyl groups excluding tert-OH is 1. The molecule has 0 spiro atoms. The van der Waals surface area contributed by atoms with Gasteiger partial charge in [0.2, 0.25) is 0 Å². The van der Waals surface area contributed by atoms with Gasteiger partial charge in [-0.15, -0.1) is 0 Å². The molecule has 1 aromatic rings. The molecule has 2 fully saturated rings. The first kappa shape index (κ1) is 19.1. The number of hydrogen-bond acceptors (Lipinski definition) is 5. The van der Waals surface area contributed by atoms with Gasteiger partial charge in [0, 0.05) is 50.9 Å². The maximum Gasteiger partial charge on any atom is 0.0900 e. The highest BCUT2D eigenvalue weighted by molar-refractivity contribution is 6.30. The first-order valence-electron chi connectivity index (χ1n) is 9.25. The molecular weight excluding hydrogens is 340 g/mol. The lowest BCUT2D eigenvalue weighted by atomic mass is 10.2. The van der Waals surface area contributed by atoms with E-state index in [9.17, 15) is 5.11 Å². The second-order valence-electron chi connectivity index (χ2n) is 7.03. The van der Waals surface area contributed by atoms with Gasteiger partial charge in [-0.05, 0) is 30.5 Å². The predicted octanol–water partition coefficient (Wildman–Crippen LogP) is 2.01. The van der Waals surface area contributed by atoms with Gasteiger partial charge in [0.05, 0.1) is 25.4 Å². The van der Waals surface area contributed by atoms with E-state index in [-0.39, 0.29) is 0 Å². The summed E-state index contributed by atoms with van der Waals surface area (Å²) in [5.74, 6) is 0. The van der Waals surface area contributed by atoms with Crippen LogP contribution in [0.3, 0.4) is 0 Å². The molecule has 1 N–H and O–H groups in total. The number of benzene rings is 1. The first-order valence-corrected chi connectivity index (χ1v) is 9.63. The van der Waals surface area contributed by atoms with Gasteiger partial charge in [-0.2, -0.15) is 0 Å². The summed E-state index contributed by atoms with van der Waals surface area (Å²) < 4.78 is 11.3. The Bertz CT molecular complexity index is 500. The van der Waals surface area contributed by atoms with Crippen molar-refractivity contribution in [2.75, 3.05) is 52.5 Å². The molecule has 0 bridgehead atoms. The zero-order valence-corrected chi connectivity index (χ0v) is 15.5. The van der Waals surface area contributed by atoms with Gasteiger partial charge in [-0.3, -0.25) is 9.80 Å². The van der Waals surface area contributed by atoms with Crippen LogP contribution in [0.1, 0.15) is 18.4 Å². The Balaban J connectivity index is 1.28. The van der Waals surface area contributed by atoms with Crippen molar-refractivity contribution < 1.29 is 14.6 Å². The normalized spacial score (nSPS) is 23.8. The van der Waals surface area contributed by atoms with E-state index in [4.69, 9.17) is 21.1 Å². The molecule has 3 rings (SSSR count). The molecule has 0 unspecified atom stereocenters. The average Bonchev–Trinajstić information content (AvgIpc) is 3.11. The van der Waals surface area contributed by atoms with E-state index in [2.05, 4.69) is 9.80 Å². The Morgan fingerprint density at radius 1 is 1.16 bits per heavy atom. The topological polar surface area (TPSA) is 45.2 Å². The van der Waals surface area contributed by atoms with E-state index < -0.39 is 6.10 Å². The standard InChI is InChI=1S/C19H29ClN2O3/c20-17-5-3-16(4-6-17)14-24-15-18(23)12-21-7-9-22(10-8-21)13-19-2-1-11-25-19/h3-6,18-19,23H,1-2,7-15H2/t18-,19+/m0/s1. The van der Waals surface area contributed by atoms with Crippen LogP contribution in [0.4, 0.5) is 0 Å². The Morgan fingerprint density at radius 2 is 1.88 bits per heavy atom. The lowest BCUT2D eigenvalue weighted by Crippen LogP contribution is -2.50. The fraction of sp³-hybridized carbons (Fsp3) is 0.684. The number of hydrogen-bond donors (Lipinski definition) is 1. The van der Waals surface area contributed by atoms with Gasteiger partial charge in [0.1, 0.15) is 0 Å². The van der Waals surface area contributed by atoms with Gasteiger partial charge in [-0.1, -0.05) is 23.7 Å². The van der Waals surface area contributed by atoms with Crippen LogP contribution in [0.5, 0.6) is 0 Å². The van der Waals surface area contributed by atoms with Crippen LogP contribution in [0.25, 0.3) is 0 Å². The minimum absolute atomic E-state index is 0.360. The molecule has 140 valence electrons. The first-order chi connectivity index (χ1) is 12.2. The molecule has 0 amide bonds. The fourth-order valence-corrected chi connectivity index (χ4v) is 3.60. The molecular formula is C19H29ClN2O3. The van der Waals surface area contributed by atoms with Crippen molar-refractivity contribution in [3.8, 4) is 0 Å². The Labute approximate surface area is 155 Å². The van der Waals surface area contributed by atoms with Gasteiger partial charge >= 0.3 is 0 Å². The highest BCUT2D eigenvalue weighted by Crippen LogP contribution is 2.15. The number of rotatable bonds is 8. The second kappa shape index (κ2) is 9.86. The SMILES string of the molecule is O[C@H](COCc1ccc(Cl)cc1)CN1CCN(C[C@H]2CCCO2)CC1. The van der Waals surface area contributed by atoms with Gasteiger partial charge in [0.15, 0.2) is 0 Å². The predicted molar refractivity (Wildman–Crippen MR) is 99.0 cm³/mol. The summed E-state index contributed by atoms with van der Waals surface area (Å²) in [6.45, 7) is 7.63. The smallest absolute Gasteiger partial charge is 0.0900 e. The minimum atomic E-state index is -0.447. The summed E-state index contributed by atoms with van der Waals surface area (Å²) in [6, 6.07) is 7.60. The van der Waals surface area contributed by atoms with Crippen LogP contribution >= 0.6 is 11.6 Å². The molecule has 2 saturated heterocycles. The highest BCUT2D eigenvalue weighted by Gasteiger charge is 2.23. The zero-order chi connectivity index (χ0) is 17.5. The van der Waals surface area contributed by atoms with Crippen molar-refractivity contribution in [2.45, 2.75) is 31.7 Å². The molecule has 2 aliphatic rings. The molecule has 2 aliphatic heterocycles. The molecule has 1 aromatic carbocycles. The monoisotopic (exact) mass is 368 g/mol. The number of β-amino-alcohol motifs (C(OH)–C–C–N with tert-alkyl or cyclic N) is 1. The van der Waals surface area contributed by atoms with Crippen molar-refractivity contribution in [1.29, 1.82) is 0 Å². The maximum atomic E-state index is 10.2.